The van der Waals surface area contributed by atoms with Crippen LogP contribution in [0.25, 0.3) is 10.9 Å². The number of aromatic nitrogens is 2. The van der Waals surface area contributed by atoms with Gasteiger partial charge in [0.25, 0.3) is 0 Å². The van der Waals surface area contributed by atoms with Crippen LogP contribution in [-0.4, -0.2) is 21.0 Å². The van der Waals surface area contributed by atoms with Crippen LogP contribution in [0, 0.1) is 0 Å². The predicted molar refractivity (Wildman–Crippen MR) is 124 cm³/mol. The third kappa shape index (κ3) is 3.04. The third-order valence-corrected chi connectivity index (χ3v) is 6.85. The van der Waals surface area contributed by atoms with Gasteiger partial charge < -0.3 is 10.4 Å². The smallest absolute Gasteiger partial charge is 0.237 e. The van der Waals surface area contributed by atoms with E-state index >= 15 is 0 Å². The summed E-state index contributed by atoms with van der Waals surface area (Å²) in [6.07, 6.45) is 5.87. The molecular weight excluding hydrogens is 398 g/mol. The summed E-state index contributed by atoms with van der Waals surface area (Å²) in [5.41, 5.74) is 6.08. The Morgan fingerprint density at radius 2 is 1.84 bits per heavy atom. The van der Waals surface area contributed by atoms with E-state index < -0.39 is 5.41 Å². The molecule has 0 saturated carbocycles. The summed E-state index contributed by atoms with van der Waals surface area (Å²) in [4.78, 5) is 22.2. The number of hydrogen-bond donors (Lipinski definition) is 2. The minimum atomic E-state index is -0.548. The molecule has 1 spiro atoms. The zero-order chi connectivity index (χ0) is 21.7. The molecule has 0 radical (unpaired) electrons. The monoisotopic (exact) mass is 421 g/mol. The first-order chi connectivity index (χ1) is 15.6. The number of rotatable bonds is 4. The van der Waals surface area contributed by atoms with Crippen LogP contribution < -0.4 is 5.32 Å². The van der Waals surface area contributed by atoms with Gasteiger partial charge >= 0.3 is 0 Å². The number of carbonyl (C=O) groups excluding carboxylic acids is 1. The number of aromatic hydroxyl groups is 1. The molecule has 1 unspecified atom stereocenters. The number of nitrogens with one attached hydrogen (secondary N) is 1. The van der Waals surface area contributed by atoms with Gasteiger partial charge in [0.05, 0.1) is 10.9 Å². The van der Waals surface area contributed by atoms with E-state index in [0.29, 0.717) is 24.4 Å². The first-order valence-corrected chi connectivity index (χ1v) is 11.1. The van der Waals surface area contributed by atoms with Crippen molar-refractivity contribution in [3.05, 3.63) is 94.8 Å². The highest BCUT2D eigenvalue weighted by molar-refractivity contribution is 6.06. The standard InChI is InChI=1S/C27H23N3O2/c31-22-7-2-5-17(12-22)4-1-6-21-10-9-18-13-19-15-27(16-20(19)14-24(18)29-21)23-8-3-11-28-25(23)30-26(27)32/h2-3,5,7-14,31H,1,4,6,15-16H2,(H,28,30,32). The number of phenols is 1. The van der Waals surface area contributed by atoms with E-state index in [9.17, 15) is 9.90 Å². The van der Waals surface area contributed by atoms with E-state index in [1.54, 1.807) is 12.3 Å². The van der Waals surface area contributed by atoms with Crippen molar-refractivity contribution in [3.63, 3.8) is 0 Å². The van der Waals surface area contributed by atoms with Crippen molar-refractivity contribution in [2.24, 2.45) is 0 Å². The van der Waals surface area contributed by atoms with Crippen molar-refractivity contribution in [2.75, 3.05) is 5.32 Å². The molecular formula is C27H23N3O2. The fraction of sp³-hybridized carbons (Fsp3) is 0.222. The third-order valence-electron chi connectivity index (χ3n) is 6.85. The second-order valence-corrected chi connectivity index (χ2v) is 8.93. The SMILES string of the molecule is O=C1Nc2ncccc2C12Cc1cc3ccc(CCCc4cccc(O)c4)nc3cc1C2. The number of anilines is 1. The van der Waals surface area contributed by atoms with Gasteiger partial charge in [0.2, 0.25) is 5.91 Å². The molecule has 1 aliphatic carbocycles. The van der Waals surface area contributed by atoms with Crippen molar-refractivity contribution in [1.82, 2.24) is 9.97 Å². The van der Waals surface area contributed by atoms with E-state index in [0.717, 1.165) is 47.0 Å². The molecule has 2 N–H and O–H groups in total. The molecule has 32 heavy (non-hydrogen) atoms. The number of carbonyl (C=O) groups is 1. The molecule has 0 fully saturated rings. The van der Waals surface area contributed by atoms with Crippen LogP contribution in [0.1, 0.15) is 34.4 Å². The van der Waals surface area contributed by atoms with Gasteiger partial charge in [-0.2, -0.15) is 0 Å². The van der Waals surface area contributed by atoms with Crippen molar-refractivity contribution >= 4 is 22.6 Å². The molecule has 2 aromatic heterocycles. The van der Waals surface area contributed by atoms with Crippen LogP contribution in [0.2, 0.25) is 0 Å². The summed E-state index contributed by atoms with van der Waals surface area (Å²) < 4.78 is 0. The van der Waals surface area contributed by atoms with Crippen LogP contribution in [0.15, 0.2) is 66.9 Å². The number of phenolic OH excluding ortho intramolecular Hbond substituents is 1. The van der Waals surface area contributed by atoms with Crippen LogP contribution in [0.4, 0.5) is 5.82 Å². The van der Waals surface area contributed by atoms with Gasteiger partial charge in [-0.05, 0) is 85.2 Å². The fourth-order valence-corrected chi connectivity index (χ4v) is 5.26. The number of amides is 1. The van der Waals surface area contributed by atoms with Gasteiger partial charge in [0.1, 0.15) is 11.6 Å². The van der Waals surface area contributed by atoms with Gasteiger partial charge in [-0.15, -0.1) is 0 Å². The first kappa shape index (κ1) is 19.0. The van der Waals surface area contributed by atoms with Crippen LogP contribution in [0.3, 0.4) is 0 Å². The van der Waals surface area contributed by atoms with Crippen molar-refractivity contribution in [2.45, 2.75) is 37.5 Å². The largest absolute Gasteiger partial charge is 0.508 e. The predicted octanol–water partition coefficient (Wildman–Crippen LogP) is 4.50. The van der Waals surface area contributed by atoms with Gasteiger partial charge in [-0.25, -0.2) is 4.98 Å². The molecule has 5 nitrogen and oxygen atoms in total. The van der Waals surface area contributed by atoms with Gasteiger partial charge in [-0.3, -0.25) is 9.78 Å². The molecule has 2 aliphatic rings. The number of fused-ring (bicyclic) bond motifs is 4. The molecule has 0 saturated heterocycles. The van der Waals surface area contributed by atoms with Crippen molar-refractivity contribution in [1.29, 1.82) is 0 Å². The van der Waals surface area contributed by atoms with E-state index in [4.69, 9.17) is 4.98 Å². The Bertz CT molecular complexity index is 1380. The Kier molecular flexibility index (Phi) is 4.25. The Labute approximate surface area is 186 Å². The molecule has 5 heteroatoms. The lowest BCUT2D eigenvalue weighted by Gasteiger charge is -2.20. The first-order valence-electron chi connectivity index (χ1n) is 11.1. The topological polar surface area (TPSA) is 75.1 Å². The quantitative estimate of drug-likeness (QED) is 0.509. The molecule has 1 aliphatic heterocycles. The van der Waals surface area contributed by atoms with E-state index in [2.05, 4.69) is 34.6 Å². The minimum absolute atomic E-state index is 0.0482. The molecule has 0 bridgehead atoms. The summed E-state index contributed by atoms with van der Waals surface area (Å²) >= 11 is 0. The van der Waals surface area contributed by atoms with Crippen LogP contribution >= 0.6 is 0 Å². The Morgan fingerprint density at radius 1 is 0.969 bits per heavy atom. The summed E-state index contributed by atoms with van der Waals surface area (Å²) in [6, 6.07) is 20.0. The maximum atomic E-state index is 12.9. The van der Waals surface area contributed by atoms with E-state index in [1.165, 1.54) is 11.1 Å². The van der Waals surface area contributed by atoms with Crippen LogP contribution in [0.5, 0.6) is 5.75 Å². The minimum Gasteiger partial charge on any atom is -0.508 e. The lowest BCUT2D eigenvalue weighted by atomic mass is 9.79. The second-order valence-electron chi connectivity index (χ2n) is 8.93. The fourth-order valence-electron chi connectivity index (χ4n) is 5.26. The zero-order valence-corrected chi connectivity index (χ0v) is 17.6. The highest BCUT2D eigenvalue weighted by atomic mass is 16.3. The molecule has 1 atom stereocenters. The Hall–Kier alpha value is -3.73. The molecule has 6 rings (SSSR count). The van der Waals surface area contributed by atoms with Gasteiger partial charge in [0.15, 0.2) is 0 Å². The molecule has 3 heterocycles. The second kappa shape index (κ2) is 7.16. The number of pyridine rings is 2. The van der Waals surface area contributed by atoms with E-state index in [-0.39, 0.29) is 5.91 Å². The Balaban J connectivity index is 1.25. The summed E-state index contributed by atoms with van der Waals surface area (Å²) in [5.74, 6) is 1.06. The summed E-state index contributed by atoms with van der Waals surface area (Å²) in [7, 11) is 0. The van der Waals surface area contributed by atoms with Crippen molar-refractivity contribution < 1.29 is 9.90 Å². The maximum Gasteiger partial charge on any atom is 0.237 e. The molecule has 4 aromatic rings. The van der Waals surface area contributed by atoms with Crippen molar-refractivity contribution in [3.8, 4) is 5.75 Å². The number of hydrogen-bond acceptors (Lipinski definition) is 4. The summed E-state index contributed by atoms with van der Waals surface area (Å²) in [5, 5.41) is 13.7. The van der Waals surface area contributed by atoms with E-state index in [1.807, 2.05) is 30.3 Å². The average molecular weight is 422 g/mol. The van der Waals surface area contributed by atoms with Gasteiger partial charge in [-0.1, -0.05) is 24.3 Å². The zero-order valence-electron chi connectivity index (χ0n) is 17.6. The number of nitrogens with zero attached hydrogens (tertiary/aromatic N) is 2. The lowest BCUT2D eigenvalue weighted by Crippen LogP contribution is -2.35. The highest BCUT2D eigenvalue weighted by Crippen LogP contribution is 2.47. The molecule has 1 amide bonds. The summed E-state index contributed by atoms with van der Waals surface area (Å²) in [6.45, 7) is 0. The average Bonchev–Trinajstić information content (AvgIpc) is 3.29. The number of aryl methyl sites for hydroxylation is 2. The molecule has 158 valence electrons. The van der Waals surface area contributed by atoms with Gasteiger partial charge in [0, 0.05) is 22.8 Å². The van der Waals surface area contributed by atoms with Crippen LogP contribution in [-0.2, 0) is 35.9 Å². The lowest BCUT2D eigenvalue weighted by molar-refractivity contribution is -0.120. The normalized spacial score (nSPS) is 18.7. The molecule has 2 aromatic carbocycles. The Morgan fingerprint density at radius 3 is 2.72 bits per heavy atom. The number of benzene rings is 2. The highest BCUT2D eigenvalue weighted by Gasteiger charge is 2.51. The maximum absolute atomic E-state index is 12.9.